The Balaban J connectivity index is 1.94. The molecule has 2 nitrogen and oxygen atoms in total. The van der Waals surface area contributed by atoms with Gasteiger partial charge in [-0.2, -0.15) is 0 Å². The quantitative estimate of drug-likeness (QED) is 0.842. The van der Waals surface area contributed by atoms with E-state index in [1.54, 1.807) is 6.07 Å². The molecule has 0 spiro atoms. The molecule has 0 aliphatic heterocycles. The van der Waals surface area contributed by atoms with Crippen LogP contribution >= 0.6 is 21.7 Å². The lowest BCUT2D eigenvalue weighted by molar-refractivity contribution is 0.0506. The number of aryl methyl sites for hydroxylation is 1. The van der Waals surface area contributed by atoms with Crippen molar-refractivity contribution in [2.45, 2.75) is 56.3 Å². The van der Waals surface area contributed by atoms with E-state index in [4.69, 9.17) is 10.7 Å². The van der Waals surface area contributed by atoms with Crippen molar-refractivity contribution < 1.29 is 10.2 Å². The molecule has 4 heteroatoms. The fourth-order valence-electron chi connectivity index (χ4n) is 4.63. The second-order valence-electron chi connectivity index (χ2n) is 6.73. The molecule has 0 saturated heterocycles. The van der Waals surface area contributed by atoms with Crippen molar-refractivity contribution in [2.24, 2.45) is 11.8 Å². The maximum absolute atomic E-state index is 10.3. The van der Waals surface area contributed by atoms with Crippen molar-refractivity contribution in [2.75, 3.05) is 0 Å². The summed E-state index contributed by atoms with van der Waals surface area (Å²) < 4.78 is -0.225. The van der Waals surface area contributed by atoms with Gasteiger partial charge in [0.15, 0.2) is 0 Å². The highest BCUT2D eigenvalue weighted by molar-refractivity contribution is 8.22. The Kier molecular flexibility index (Phi) is 4.19. The van der Waals surface area contributed by atoms with Crippen LogP contribution in [0.25, 0.3) is 0 Å². The number of aliphatic hydroxyl groups excluding tert-OH is 1. The van der Waals surface area contributed by atoms with Gasteiger partial charge in [-0.25, -0.2) is 0 Å². The summed E-state index contributed by atoms with van der Waals surface area (Å²) in [7, 11) is 7.53. The van der Waals surface area contributed by atoms with E-state index in [0.717, 1.165) is 25.7 Å². The fourth-order valence-corrected chi connectivity index (χ4v) is 6.31. The molecule has 0 heterocycles. The zero-order valence-corrected chi connectivity index (χ0v) is 14.1. The standard InChI is InChI=1S/C17H23ClO2S/c1-10-14-5-3-12-9-13(20)4-6-15(12)16(14)7-8-17(10,21-18)11(2)19/h4,6,9-11,14,16,19-20H,3,5,7-8H2,1-2H3. The van der Waals surface area contributed by atoms with Gasteiger partial charge in [-0.15, -0.1) is 0 Å². The third-order valence-corrected chi connectivity index (χ3v) is 7.97. The normalized spacial score (nSPS) is 36.7. The summed E-state index contributed by atoms with van der Waals surface area (Å²) in [5, 5.41) is 20.0. The van der Waals surface area contributed by atoms with Gasteiger partial charge in [0.25, 0.3) is 0 Å². The van der Waals surface area contributed by atoms with E-state index >= 15 is 0 Å². The number of halogens is 1. The number of benzene rings is 1. The van der Waals surface area contributed by atoms with Gasteiger partial charge < -0.3 is 10.2 Å². The monoisotopic (exact) mass is 326 g/mol. The van der Waals surface area contributed by atoms with Crippen LogP contribution in [0.15, 0.2) is 18.2 Å². The van der Waals surface area contributed by atoms with Crippen molar-refractivity contribution in [3.8, 4) is 5.75 Å². The van der Waals surface area contributed by atoms with Gasteiger partial charge in [-0.1, -0.05) is 13.0 Å². The predicted octanol–water partition coefficient (Wildman–Crippen LogP) is 4.47. The number of phenols is 1. The minimum absolute atomic E-state index is 0.225. The predicted molar refractivity (Wildman–Crippen MR) is 88.9 cm³/mol. The molecule has 0 bridgehead atoms. The average molecular weight is 327 g/mol. The van der Waals surface area contributed by atoms with Crippen LogP contribution in [0.1, 0.15) is 50.2 Å². The van der Waals surface area contributed by atoms with Crippen molar-refractivity contribution >= 4 is 21.7 Å². The molecule has 2 aliphatic carbocycles. The molecular formula is C17H23ClO2S. The maximum Gasteiger partial charge on any atom is 0.115 e. The summed E-state index contributed by atoms with van der Waals surface area (Å²) in [4.78, 5) is 0. The number of hydrogen-bond donors (Lipinski definition) is 2. The number of aliphatic hydroxyl groups is 1. The molecule has 2 aliphatic rings. The lowest BCUT2D eigenvalue weighted by Crippen LogP contribution is -2.51. The van der Waals surface area contributed by atoms with Gasteiger partial charge >= 0.3 is 0 Å². The third kappa shape index (κ3) is 2.38. The van der Waals surface area contributed by atoms with Crippen molar-refractivity contribution in [1.82, 2.24) is 0 Å². The molecule has 0 aromatic heterocycles. The number of phenolic OH excluding ortho intramolecular Hbond substituents is 1. The molecule has 5 unspecified atom stereocenters. The van der Waals surface area contributed by atoms with Crippen molar-refractivity contribution in [3.63, 3.8) is 0 Å². The van der Waals surface area contributed by atoms with Crippen molar-refractivity contribution in [3.05, 3.63) is 29.3 Å². The number of fused-ring (bicyclic) bond motifs is 3. The molecule has 3 rings (SSSR count). The van der Waals surface area contributed by atoms with Crippen LogP contribution in [0.3, 0.4) is 0 Å². The molecule has 1 aromatic rings. The van der Waals surface area contributed by atoms with Crippen molar-refractivity contribution in [1.29, 1.82) is 0 Å². The third-order valence-electron chi connectivity index (χ3n) is 5.90. The first-order valence-electron chi connectivity index (χ1n) is 7.79. The lowest BCUT2D eigenvalue weighted by atomic mass is 9.59. The van der Waals surface area contributed by atoms with E-state index in [1.807, 2.05) is 13.0 Å². The first kappa shape index (κ1) is 15.5. The van der Waals surface area contributed by atoms with E-state index in [0.29, 0.717) is 23.5 Å². The summed E-state index contributed by atoms with van der Waals surface area (Å²) in [6.07, 6.45) is 3.75. The average Bonchev–Trinajstić information content (AvgIpc) is 2.47. The second kappa shape index (κ2) is 5.68. The van der Waals surface area contributed by atoms with Gasteiger partial charge in [0.05, 0.1) is 10.9 Å². The zero-order chi connectivity index (χ0) is 15.2. The summed E-state index contributed by atoms with van der Waals surface area (Å²) in [5.74, 6) is 1.86. The molecule has 1 aromatic carbocycles. The van der Waals surface area contributed by atoms with Crippen LogP contribution in [0.4, 0.5) is 0 Å². The molecule has 116 valence electrons. The highest BCUT2D eigenvalue weighted by Crippen LogP contribution is 2.57. The van der Waals surface area contributed by atoms with E-state index in [1.165, 1.54) is 22.1 Å². The first-order chi connectivity index (χ1) is 9.99. The van der Waals surface area contributed by atoms with E-state index in [9.17, 15) is 10.2 Å². The van der Waals surface area contributed by atoms with E-state index in [-0.39, 0.29) is 4.75 Å². The largest absolute Gasteiger partial charge is 0.508 e. The first-order valence-corrected chi connectivity index (χ1v) is 9.43. The highest BCUT2D eigenvalue weighted by atomic mass is 35.7. The van der Waals surface area contributed by atoms with Gasteiger partial charge in [0, 0.05) is 0 Å². The van der Waals surface area contributed by atoms with Gasteiger partial charge in [0.1, 0.15) is 5.75 Å². The molecule has 2 N–H and O–H groups in total. The summed E-state index contributed by atoms with van der Waals surface area (Å²) in [6, 6.07) is 5.82. The van der Waals surface area contributed by atoms with Crippen LogP contribution in [0.5, 0.6) is 5.75 Å². The Labute approximate surface area is 135 Å². The van der Waals surface area contributed by atoms with Gasteiger partial charge in [-0.05, 0) is 95.3 Å². The fraction of sp³-hybridized carbons (Fsp3) is 0.647. The molecule has 21 heavy (non-hydrogen) atoms. The number of hydrogen-bond acceptors (Lipinski definition) is 3. The molecule has 0 amide bonds. The highest BCUT2D eigenvalue weighted by Gasteiger charge is 2.51. The molecule has 0 radical (unpaired) electrons. The second-order valence-corrected chi connectivity index (χ2v) is 8.10. The van der Waals surface area contributed by atoms with Gasteiger partial charge in [0.2, 0.25) is 0 Å². The van der Waals surface area contributed by atoms with Gasteiger partial charge in [-0.3, -0.25) is 0 Å². The minimum Gasteiger partial charge on any atom is -0.508 e. The Hall–Kier alpha value is -0.380. The molecular weight excluding hydrogens is 304 g/mol. The molecule has 1 saturated carbocycles. The van der Waals surface area contributed by atoms with Crippen LogP contribution < -0.4 is 0 Å². The maximum atomic E-state index is 10.3. The molecule has 1 fully saturated rings. The number of aromatic hydroxyl groups is 1. The molecule has 5 atom stereocenters. The summed E-state index contributed by atoms with van der Waals surface area (Å²) >= 11 is 0. The SMILES string of the molecule is CC(O)C1(SCl)CCC2c3ccc(O)cc3CCC2C1C. The van der Waals surface area contributed by atoms with E-state index < -0.39 is 6.10 Å². The minimum atomic E-state index is -0.392. The Morgan fingerprint density at radius 2 is 2.14 bits per heavy atom. The Morgan fingerprint density at radius 3 is 2.81 bits per heavy atom. The van der Waals surface area contributed by atoms with Crippen LogP contribution in [0.2, 0.25) is 0 Å². The Bertz CT molecular complexity index is 534. The summed E-state index contributed by atoms with van der Waals surface area (Å²) in [6.45, 7) is 4.13. The number of rotatable bonds is 2. The van der Waals surface area contributed by atoms with Crippen LogP contribution in [-0.2, 0) is 6.42 Å². The van der Waals surface area contributed by atoms with Crippen LogP contribution in [0, 0.1) is 11.8 Å². The Morgan fingerprint density at radius 1 is 1.38 bits per heavy atom. The smallest absolute Gasteiger partial charge is 0.115 e. The van der Waals surface area contributed by atoms with E-state index in [2.05, 4.69) is 13.0 Å². The topological polar surface area (TPSA) is 40.5 Å². The zero-order valence-electron chi connectivity index (χ0n) is 12.6. The lowest BCUT2D eigenvalue weighted by Gasteiger charge is -2.52. The summed E-state index contributed by atoms with van der Waals surface area (Å²) in [5.41, 5.74) is 2.70. The van der Waals surface area contributed by atoms with Crippen LogP contribution in [-0.4, -0.2) is 21.1 Å².